The van der Waals surface area contributed by atoms with Crippen molar-refractivity contribution >= 4 is 5.91 Å². The molecule has 0 saturated carbocycles. The van der Waals surface area contributed by atoms with Gasteiger partial charge in [-0.25, -0.2) is 4.39 Å². The highest BCUT2D eigenvalue weighted by molar-refractivity contribution is 5.79. The van der Waals surface area contributed by atoms with E-state index in [0.717, 1.165) is 29.7 Å². The first kappa shape index (κ1) is 23.8. The zero-order valence-electron chi connectivity index (χ0n) is 19.9. The van der Waals surface area contributed by atoms with Gasteiger partial charge >= 0.3 is 0 Å². The van der Waals surface area contributed by atoms with Crippen LogP contribution in [-0.2, 0) is 24.2 Å². The zero-order chi connectivity index (χ0) is 24.1. The molecule has 1 amide bonds. The van der Waals surface area contributed by atoms with Crippen LogP contribution in [0.2, 0.25) is 0 Å². The number of halogens is 1. The average Bonchev–Trinajstić information content (AvgIpc) is 2.84. The fourth-order valence-electron chi connectivity index (χ4n) is 4.78. The highest BCUT2D eigenvalue weighted by Gasteiger charge is 2.33. The van der Waals surface area contributed by atoms with Crippen molar-refractivity contribution < 1.29 is 18.7 Å². The molecular formula is C28H31FN2O3. The van der Waals surface area contributed by atoms with Gasteiger partial charge in [0.1, 0.15) is 5.82 Å². The summed E-state index contributed by atoms with van der Waals surface area (Å²) in [6.07, 6.45) is 1.17. The van der Waals surface area contributed by atoms with Crippen LogP contribution in [0.4, 0.5) is 4.39 Å². The third kappa shape index (κ3) is 5.39. The van der Waals surface area contributed by atoms with Gasteiger partial charge < -0.3 is 14.8 Å². The Morgan fingerprint density at radius 1 is 1.03 bits per heavy atom. The van der Waals surface area contributed by atoms with Gasteiger partial charge in [-0.05, 0) is 59.9 Å². The van der Waals surface area contributed by atoms with E-state index < -0.39 is 0 Å². The van der Waals surface area contributed by atoms with Crippen molar-refractivity contribution in [2.45, 2.75) is 38.4 Å². The molecule has 1 heterocycles. The van der Waals surface area contributed by atoms with Crippen LogP contribution in [0.15, 0.2) is 66.7 Å². The Kier molecular flexibility index (Phi) is 7.48. The van der Waals surface area contributed by atoms with Crippen molar-refractivity contribution in [1.29, 1.82) is 0 Å². The molecule has 1 N–H and O–H groups in total. The van der Waals surface area contributed by atoms with Crippen molar-refractivity contribution in [3.8, 4) is 11.5 Å². The second kappa shape index (κ2) is 10.7. The van der Waals surface area contributed by atoms with Gasteiger partial charge in [-0.2, -0.15) is 0 Å². The summed E-state index contributed by atoms with van der Waals surface area (Å²) in [7, 11) is 3.27. The van der Waals surface area contributed by atoms with E-state index in [1.165, 1.54) is 17.7 Å². The van der Waals surface area contributed by atoms with Gasteiger partial charge in [0, 0.05) is 19.1 Å². The SMILES string of the molecule is COc1cc2c(cc1OC)C(C(C)NC(=O)Cc1ccccc1)N(Cc1ccc(F)cc1)CC2. The predicted octanol–water partition coefficient (Wildman–Crippen LogP) is 4.69. The van der Waals surface area contributed by atoms with Gasteiger partial charge in [0.05, 0.1) is 26.7 Å². The van der Waals surface area contributed by atoms with E-state index in [0.29, 0.717) is 24.5 Å². The predicted molar refractivity (Wildman–Crippen MR) is 131 cm³/mol. The van der Waals surface area contributed by atoms with Crippen LogP contribution < -0.4 is 14.8 Å². The molecule has 2 unspecified atom stereocenters. The summed E-state index contributed by atoms with van der Waals surface area (Å²) in [5.41, 5.74) is 4.30. The van der Waals surface area contributed by atoms with E-state index in [9.17, 15) is 9.18 Å². The number of nitrogens with one attached hydrogen (secondary N) is 1. The number of methoxy groups -OCH3 is 2. The Hall–Kier alpha value is -3.38. The number of hydrogen-bond acceptors (Lipinski definition) is 4. The quantitative estimate of drug-likeness (QED) is 0.528. The zero-order valence-corrected chi connectivity index (χ0v) is 19.9. The normalized spacial score (nSPS) is 16.4. The first-order valence-electron chi connectivity index (χ1n) is 11.5. The van der Waals surface area contributed by atoms with Crippen LogP contribution in [0.25, 0.3) is 0 Å². The molecule has 0 fully saturated rings. The maximum Gasteiger partial charge on any atom is 0.224 e. The van der Waals surface area contributed by atoms with Gasteiger partial charge in [-0.15, -0.1) is 0 Å². The molecule has 3 aromatic carbocycles. The number of rotatable bonds is 8. The Morgan fingerprint density at radius 2 is 1.71 bits per heavy atom. The summed E-state index contributed by atoms with van der Waals surface area (Å²) in [4.78, 5) is 15.2. The van der Waals surface area contributed by atoms with Gasteiger partial charge in [0.15, 0.2) is 11.5 Å². The molecule has 3 aromatic rings. The van der Waals surface area contributed by atoms with Gasteiger partial charge in [0.25, 0.3) is 0 Å². The summed E-state index contributed by atoms with van der Waals surface area (Å²) in [5, 5.41) is 3.22. The topological polar surface area (TPSA) is 50.8 Å². The lowest BCUT2D eigenvalue weighted by Gasteiger charge is -2.41. The minimum absolute atomic E-state index is 0.0203. The molecule has 0 radical (unpaired) electrons. The molecular weight excluding hydrogens is 431 g/mol. The lowest BCUT2D eigenvalue weighted by atomic mass is 9.87. The fraction of sp³-hybridized carbons (Fsp3) is 0.321. The van der Waals surface area contributed by atoms with Gasteiger partial charge in [0.2, 0.25) is 5.91 Å². The standard InChI is InChI=1S/C28H31FN2O3/c1-19(30-27(32)15-20-7-5-4-6-8-20)28-24-17-26(34-3)25(33-2)16-22(24)13-14-31(28)18-21-9-11-23(29)12-10-21/h4-12,16-17,19,28H,13-15,18H2,1-3H3,(H,30,32). The van der Waals surface area contributed by atoms with Crippen LogP contribution in [0.3, 0.4) is 0 Å². The molecule has 34 heavy (non-hydrogen) atoms. The van der Waals surface area contributed by atoms with Crippen molar-refractivity contribution in [1.82, 2.24) is 10.2 Å². The minimum atomic E-state index is -0.248. The van der Waals surface area contributed by atoms with E-state index >= 15 is 0 Å². The van der Waals surface area contributed by atoms with Crippen LogP contribution in [0.1, 0.15) is 35.2 Å². The van der Waals surface area contributed by atoms with E-state index in [1.54, 1.807) is 14.2 Å². The minimum Gasteiger partial charge on any atom is -0.493 e. The number of benzene rings is 3. The first-order chi connectivity index (χ1) is 16.5. The second-order valence-electron chi connectivity index (χ2n) is 8.72. The lowest BCUT2D eigenvalue weighted by Crippen LogP contribution is -2.47. The molecule has 0 saturated heterocycles. The summed E-state index contributed by atoms with van der Waals surface area (Å²) in [5.74, 6) is 1.10. The monoisotopic (exact) mass is 462 g/mol. The highest BCUT2D eigenvalue weighted by atomic mass is 19.1. The molecule has 2 atom stereocenters. The number of carbonyl (C=O) groups excluding carboxylic acids is 1. The number of carbonyl (C=O) groups is 1. The van der Waals surface area contributed by atoms with E-state index in [-0.39, 0.29) is 23.8 Å². The molecule has 6 heteroatoms. The molecule has 0 spiro atoms. The van der Waals surface area contributed by atoms with Crippen LogP contribution in [0.5, 0.6) is 11.5 Å². The maximum absolute atomic E-state index is 13.5. The molecule has 0 aromatic heterocycles. The van der Waals surface area contributed by atoms with Gasteiger partial charge in [-0.1, -0.05) is 42.5 Å². The number of nitrogens with zero attached hydrogens (tertiary/aromatic N) is 1. The number of ether oxygens (including phenoxy) is 2. The molecule has 178 valence electrons. The van der Waals surface area contributed by atoms with Crippen molar-refractivity contribution in [3.63, 3.8) is 0 Å². The molecule has 0 aliphatic carbocycles. The maximum atomic E-state index is 13.5. The van der Waals surface area contributed by atoms with Crippen LogP contribution in [-0.4, -0.2) is 37.6 Å². The summed E-state index contributed by atoms with van der Waals surface area (Å²) < 4.78 is 24.6. The second-order valence-corrected chi connectivity index (χ2v) is 8.72. The smallest absolute Gasteiger partial charge is 0.224 e. The van der Waals surface area contributed by atoms with Gasteiger partial charge in [-0.3, -0.25) is 9.69 Å². The number of amides is 1. The Labute approximate surface area is 200 Å². The average molecular weight is 463 g/mol. The molecule has 0 bridgehead atoms. The summed E-state index contributed by atoms with van der Waals surface area (Å²) in [6.45, 7) is 3.50. The fourth-order valence-corrected chi connectivity index (χ4v) is 4.78. The molecule has 1 aliphatic heterocycles. The third-order valence-electron chi connectivity index (χ3n) is 6.39. The molecule has 1 aliphatic rings. The summed E-state index contributed by atoms with van der Waals surface area (Å²) in [6, 6.07) is 20.2. The Bertz CT molecular complexity index is 1120. The first-order valence-corrected chi connectivity index (χ1v) is 11.5. The highest BCUT2D eigenvalue weighted by Crippen LogP contribution is 2.40. The van der Waals surface area contributed by atoms with Crippen LogP contribution in [0, 0.1) is 5.82 Å². The molecule has 4 rings (SSSR count). The Morgan fingerprint density at radius 3 is 2.38 bits per heavy atom. The van der Waals surface area contributed by atoms with E-state index in [4.69, 9.17) is 9.47 Å². The van der Waals surface area contributed by atoms with Crippen LogP contribution >= 0.6 is 0 Å². The number of hydrogen-bond donors (Lipinski definition) is 1. The Balaban J connectivity index is 1.63. The van der Waals surface area contributed by atoms with Crippen molar-refractivity contribution in [3.05, 3.63) is 94.8 Å². The van der Waals surface area contributed by atoms with Crippen molar-refractivity contribution in [2.75, 3.05) is 20.8 Å². The van der Waals surface area contributed by atoms with Crippen molar-refractivity contribution in [2.24, 2.45) is 0 Å². The summed E-state index contributed by atoms with van der Waals surface area (Å²) >= 11 is 0. The van der Waals surface area contributed by atoms with E-state index in [2.05, 4.69) is 10.2 Å². The lowest BCUT2D eigenvalue weighted by molar-refractivity contribution is -0.121. The van der Waals surface area contributed by atoms with E-state index in [1.807, 2.05) is 61.5 Å². The molecule has 5 nitrogen and oxygen atoms in total. The third-order valence-corrected chi connectivity index (χ3v) is 6.39. The largest absolute Gasteiger partial charge is 0.493 e. The number of fused-ring (bicyclic) bond motifs is 1.